The van der Waals surface area contributed by atoms with Crippen LogP contribution in [-0.4, -0.2) is 36.6 Å². The highest BCUT2D eigenvalue weighted by atomic mass is 16.5. The van der Waals surface area contributed by atoms with Crippen LogP contribution in [0.1, 0.15) is 27.0 Å². The summed E-state index contributed by atoms with van der Waals surface area (Å²) in [5, 5.41) is 0. The van der Waals surface area contributed by atoms with E-state index in [9.17, 15) is 4.79 Å². The number of ether oxygens (including phenoxy) is 2. The summed E-state index contributed by atoms with van der Waals surface area (Å²) in [7, 11) is 3.25. The zero-order valence-corrected chi connectivity index (χ0v) is 13.0. The second kappa shape index (κ2) is 5.12. The Hall–Kier alpha value is -2.82. The van der Waals surface area contributed by atoms with Gasteiger partial charge >= 0.3 is 0 Å². The van der Waals surface area contributed by atoms with Gasteiger partial charge in [-0.3, -0.25) is 9.78 Å². The first-order valence-corrected chi connectivity index (χ1v) is 7.45. The number of nitrogens with zero attached hydrogens (tertiary/aromatic N) is 2. The summed E-state index contributed by atoms with van der Waals surface area (Å²) in [5.41, 5.74) is 4.74. The molecule has 1 aromatic carbocycles. The van der Waals surface area contributed by atoms with Gasteiger partial charge in [-0.25, -0.2) is 0 Å². The predicted octanol–water partition coefficient (Wildman–Crippen LogP) is 2.61. The third-order valence-electron chi connectivity index (χ3n) is 4.41. The van der Waals surface area contributed by atoms with Crippen LogP contribution in [0.15, 0.2) is 30.6 Å². The van der Waals surface area contributed by atoms with Crippen molar-refractivity contribution in [2.24, 2.45) is 0 Å². The molecule has 3 heterocycles. The van der Waals surface area contributed by atoms with E-state index >= 15 is 0 Å². The lowest BCUT2D eigenvalue weighted by Gasteiger charge is -2.15. The van der Waals surface area contributed by atoms with Crippen molar-refractivity contribution < 1.29 is 14.3 Å². The Morgan fingerprint density at radius 1 is 1.13 bits per heavy atom. The molecule has 0 saturated carbocycles. The first kappa shape index (κ1) is 13.8. The molecule has 0 bridgehead atoms. The fourth-order valence-electron chi connectivity index (χ4n) is 3.23. The maximum absolute atomic E-state index is 12.6. The number of hydrogen-bond donors (Lipinski definition) is 0. The number of aromatic nitrogens is 1. The minimum absolute atomic E-state index is 0.0195. The van der Waals surface area contributed by atoms with Gasteiger partial charge in [0.1, 0.15) is 0 Å². The molecule has 4 rings (SSSR count). The van der Waals surface area contributed by atoms with Gasteiger partial charge in [0.15, 0.2) is 11.5 Å². The fraction of sp³-hybridized carbons (Fsp3) is 0.222. The van der Waals surface area contributed by atoms with Crippen molar-refractivity contribution in [1.82, 2.24) is 9.88 Å². The van der Waals surface area contributed by atoms with E-state index in [1.54, 1.807) is 26.6 Å². The van der Waals surface area contributed by atoms with Gasteiger partial charge in [-0.2, -0.15) is 0 Å². The number of carbonyl (C=O) groups is 1. The van der Waals surface area contributed by atoms with E-state index in [0.717, 1.165) is 28.8 Å². The van der Waals surface area contributed by atoms with E-state index in [-0.39, 0.29) is 5.91 Å². The lowest BCUT2D eigenvalue weighted by atomic mass is 10.0. The smallest absolute Gasteiger partial charge is 0.260 e. The quantitative estimate of drug-likeness (QED) is 0.856. The molecule has 2 aliphatic rings. The van der Waals surface area contributed by atoms with Gasteiger partial charge in [-0.1, -0.05) is 0 Å². The van der Waals surface area contributed by atoms with Gasteiger partial charge in [0.05, 0.1) is 25.5 Å². The third kappa shape index (κ3) is 2.00. The lowest BCUT2D eigenvalue weighted by molar-refractivity contribution is 0.0852. The summed E-state index contributed by atoms with van der Waals surface area (Å²) in [4.78, 5) is 18.5. The first-order chi connectivity index (χ1) is 11.2. The predicted molar refractivity (Wildman–Crippen MR) is 86.4 cm³/mol. The topological polar surface area (TPSA) is 51.7 Å². The molecule has 0 fully saturated rings. The molecule has 5 heteroatoms. The Kier molecular flexibility index (Phi) is 3.08. The highest BCUT2D eigenvalue weighted by Crippen LogP contribution is 2.39. The minimum Gasteiger partial charge on any atom is -0.493 e. The maximum Gasteiger partial charge on any atom is 0.260 e. The largest absolute Gasteiger partial charge is 0.493 e. The molecule has 0 radical (unpaired) electrons. The summed E-state index contributed by atoms with van der Waals surface area (Å²) in [6.07, 6.45) is 6.18. The zero-order chi connectivity index (χ0) is 16.0. The molecule has 0 spiro atoms. The van der Waals surface area contributed by atoms with Crippen LogP contribution in [-0.2, 0) is 6.42 Å². The van der Waals surface area contributed by atoms with Gasteiger partial charge in [-0.05, 0) is 41.8 Å². The third-order valence-corrected chi connectivity index (χ3v) is 4.41. The molecule has 23 heavy (non-hydrogen) atoms. The molecule has 0 N–H and O–H groups in total. The van der Waals surface area contributed by atoms with E-state index in [0.29, 0.717) is 23.6 Å². The average Bonchev–Trinajstić information content (AvgIpc) is 2.74. The number of benzene rings is 1. The fourth-order valence-corrected chi connectivity index (χ4v) is 3.23. The van der Waals surface area contributed by atoms with Crippen molar-refractivity contribution in [2.45, 2.75) is 6.42 Å². The number of fused-ring (bicyclic) bond motifs is 4. The summed E-state index contributed by atoms with van der Waals surface area (Å²) >= 11 is 0. The second-order valence-corrected chi connectivity index (χ2v) is 5.56. The minimum atomic E-state index is 0.0195. The van der Waals surface area contributed by atoms with E-state index in [1.165, 1.54) is 0 Å². The van der Waals surface area contributed by atoms with Crippen molar-refractivity contribution in [2.75, 3.05) is 20.8 Å². The van der Waals surface area contributed by atoms with Gasteiger partial charge in [0.2, 0.25) is 0 Å². The van der Waals surface area contributed by atoms with Crippen LogP contribution in [0.25, 0.3) is 11.8 Å². The molecule has 116 valence electrons. The van der Waals surface area contributed by atoms with Gasteiger partial charge in [-0.15, -0.1) is 0 Å². The number of pyridine rings is 1. The maximum atomic E-state index is 12.6. The Morgan fingerprint density at radius 3 is 2.70 bits per heavy atom. The van der Waals surface area contributed by atoms with E-state index < -0.39 is 0 Å². The Labute approximate surface area is 134 Å². The van der Waals surface area contributed by atoms with Crippen LogP contribution in [0, 0.1) is 0 Å². The molecule has 0 aliphatic carbocycles. The summed E-state index contributed by atoms with van der Waals surface area (Å²) in [5.74, 6) is 1.42. The number of hydrogen-bond acceptors (Lipinski definition) is 4. The van der Waals surface area contributed by atoms with Crippen molar-refractivity contribution in [3.8, 4) is 11.5 Å². The number of rotatable bonds is 2. The Balaban J connectivity index is 1.90. The summed E-state index contributed by atoms with van der Waals surface area (Å²) in [6, 6.07) is 5.85. The van der Waals surface area contributed by atoms with E-state index in [4.69, 9.17) is 9.47 Å². The van der Waals surface area contributed by atoms with Crippen molar-refractivity contribution in [3.63, 3.8) is 0 Å². The van der Waals surface area contributed by atoms with Gasteiger partial charge in [0.25, 0.3) is 5.91 Å². The van der Waals surface area contributed by atoms with Crippen LogP contribution in [0.2, 0.25) is 0 Å². The second-order valence-electron chi connectivity index (χ2n) is 5.56. The van der Waals surface area contributed by atoms with Gasteiger partial charge in [0, 0.05) is 24.5 Å². The SMILES string of the molecule is COc1cc2c(cc1OC)CCN1C(=O)c3cnccc3C1=C2. The molecule has 5 nitrogen and oxygen atoms in total. The molecule has 2 aliphatic heterocycles. The molecule has 1 aromatic heterocycles. The molecule has 0 atom stereocenters. The van der Waals surface area contributed by atoms with Crippen LogP contribution < -0.4 is 9.47 Å². The monoisotopic (exact) mass is 308 g/mol. The van der Waals surface area contributed by atoms with Crippen LogP contribution in [0.4, 0.5) is 0 Å². The Morgan fingerprint density at radius 2 is 1.91 bits per heavy atom. The van der Waals surface area contributed by atoms with Crippen molar-refractivity contribution in [1.29, 1.82) is 0 Å². The molecule has 0 unspecified atom stereocenters. The molecular weight excluding hydrogens is 292 g/mol. The van der Waals surface area contributed by atoms with Crippen molar-refractivity contribution >= 4 is 17.7 Å². The number of methoxy groups -OCH3 is 2. The molecular formula is C18H16N2O3. The van der Waals surface area contributed by atoms with Crippen LogP contribution >= 0.6 is 0 Å². The highest BCUT2D eigenvalue weighted by molar-refractivity contribution is 6.11. The number of carbonyl (C=O) groups excluding carboxylic acids is 1. The van der Waals surface area contributed by atoms with Gasteiger partial charge < -0.3 is 14.4 Å². The summed E-state index contributed by atoms with van der Waals surface area (Å²) in [6.45, 7) is 0.641. The van der Waals surface area contributed by atoms with E-state index in [1.807, 2.05) is 29.2 Å². The highest BCUT2D eigenvalue weighted by Gasteiger charge is 2.33. The van der Waals surface area contributed by atoms with Crippen molar-refractivity contribution in [3.05, 3.63) is 52.8 Å². The average molecular weight is 308 g/mol. The Bertz CT molecular complexity index is 842. The molecule has 1 amide bonds. The van der Waals surface area contributed by atoms with Crippen LogP contribution in [0.5, 0.6) is 11.5 Å². The normalized spacial score (nSPS) is 15.3. The van der Waals surface area contributed by atoms with E-state index in [2.05, 4.69) is 4.98 Å². The molecule has 0 saturated heterocycles. The summed E-state index contributed by atoms with van der Waals surface area (Å²) < 4.78 is 10.8. The standard InChI is InChI=1S/C18H16N2O3/c1-22-16-8-11-4-6-20-15(7-12(11)9-17(16)23-2)13-3-5-19-10-14(13)18(20)21/h3,5,7-10H,4,6H2,1-2H3. The number of amides is 1. The zero-order valence-electron chi connectivity index (χ0n) is 13.0. The first-order valence-electron chi connectivity index (χ1n) is 7.45. The van der Waals surface area contributed by atoms with Crippen LogP contribution in [0.3, 0.4) is 0 Å². The molecule has 2 aromatic rings. The lowest BCUT2D eigenvalue weighted by Crippen LogP contribution is -2.24.